The highest BCUT2D eigenvalue weighted by Gasteiger charge is 2.12. The maximum absolute atomic E-state index is 9.21. The topological polar surface area (TPSA) is 50.1 Å². The highest BCUT2D eigenvalue weighted by atomic mass is 16.3. The van der Waals surface area contributed by atoms with E-state index in [9.17, 15) is 5.11 Å². The summed E-state index contributed by atoms with van der Waals surface area (Å²) in [5.41, 5.74) is 3.75. The molecule has 0 aliphatic rings. The molecule has 0 radical (unpaired) electrons. The maximum atomic E-state index is 9.21. The van der Waals surface area contributed by atoms with Gasteiger partial charge >= 0.3 is 0 Å². The first-order valence-electron chi connectivity index (χ1n) is 6.02. The van der Waals surface area contributed by atoms with Crippen LogP contribution in [0.1, 0.15) is 37.7 Å². The molecule has 0 spiro atoms. The highest BCUT2D eigenvalue weighted by molar-refractivity contribution is 5.26. The first-order chi connectivity index (χ1) is 7.60. The van der Waals surface area contributed by atoms with Crippen LogP contribution in [0.2, 0.25) is 0 Å². The minimum Gasteiger partial charge on any atom is -0.392 e. The summed E-state index contributed by atoms with van der Waals surface area (Å²) in [7, 11) is 2.00. The van der Waals surface area contributed by atoms with E-state index in [-0.39, 0.29) is 6.10 Å². The molecular weight excluding hydrogens is 202 g/mol. The van der Waals surface area contributed by atoms with Gasteiger partial charge < -0.3 is 10.4 Å². The Kier molecular flexibility index (Phi) is 4.96. The lowest BCUT2D eigenvalue weighted by atomic mass is 10.1. The zero-order valence-corrected chi connectivity index (χ0v) is 10.7. The smallest absolute Gasteiger partial charge is 0.0669 e. The molecule has 0 saturated heterocycles. The Hall–Kier alpha value is -0.870. The van der Waals surface area contributed by atoms with Gasteiger partial charge in [0, 0.05) is 31.4 Å². The summed E-state index contributed by atoms with van der Waals surface area (Å²) in [6.45, 7) is 7.48. The van der Waals surface area contributed by atoms with Gasteiger partial charge in [0.25, 0.3) is 0 Å². The van der Waals surface area contributed by atoms with Crippen LogP contribution in [0.15, 0.2) is 0 Å². The summed E-state index contributed by atoms with van der Waals surface area (Å²) in [6.07, 6.45) is 1.65. The Balaban J connectivity index is 2.75. The molecule has 16 heavy (non-hydrogen) atoms. The van der Waals surface area contributed by atoms with Crippen molar-refractivity contribution in [1.82, 2.24) is 15.1 Å². The molecule has 1 atom stereocenters. The van der Waals surface area contributed by atoms with Gasteiger partial charge in [-0.25, -0.2) is 0 Å². The molecule has 0 amide bonds. The molecule has 1 heterocycles. The van der Waals surface area contributed by atoms with Gasteiger partial charge in [0.05, 0.1) is 11.8 Å². The van der Waals surface area contributed by atoms with Crippen molar-refractivity contribution >= 4 is 0 Å². The van der Waals surface area contributed by atoms with Crippen molar-refractivity contribution < 1.29 is 5.11 Å². The molecule has 1 aromatic heterocycles. The Labute approximate surface area is 97.7 Å². The summed E-state index contributed by atoms with van der Waals surface area (Å²) >= 11 is 0. The third-order valence-corrected chi connectivity index (χ3v) is 2.77. The molecule has 92 valence electrons. The number of rotatable bonds is 6. The molecule has 0 bridgehead atoms. The van der Waals surface area contributed by atoms with Crippen LogP contribution in [0.25, 0.3) is 0 Å². The molecule has 4 heteroatoms. The van der Waals surface area contributed by atoms with Crippen LogP contribution >= 0.6 is 0 Å². The third kappa shape index (κ3) is 3.06. The molecule has 0 saturated carbocycles. The van der Waals surface area contributed by atoms with E-state index >= 15 is 0 Å². The van der Waals surface area contributed by atoms with Crippen LogP contribution in [0.4, 0.5) is 0 Å². The van der Waals surface area contributed by atoms with E-state index in [1.807, 2.05) is 11.7 Å². The maximum Gasteiger partial charge on any atom is 0.0669 e. The third-order valence-electron chi connectivity index (χ3n) is 2.77. The van der Waals surface area contributed by atoms with Gasteiger partial charge in [-0.15, -0.1) is 0 Å². The Bertz CT molecular complexity index is 331. The fraction of sp³-hybridized carbons (Fsp3) is 0.750. The quantitative estimate of drug-likeness (QED) is 0.760. The van der Waals surface area contributed by atoms with E-state index in [1.165, 1.54) is 11.3 Å². The van der Waals surface area contributed by atoms with E-state index < -0.39 is 0 Å². The second-order valence-electron chi connectivity index (χ2n) is 4.18. The van der Waals surface area contributed by atoms with Crippen molar-refractivity contribution in [3.63, 3.8) is 0 Å². The average molecular weight is 225 g/mol. The number of hydrogen-bond acceptors (Lipinski definition) is 3. The molecular formula is C12H23N3O. The second-order valence-corrected chi connectivity index (χ2v) is 4.18. The van der Waals surface area contributed by atoms with E-state index in [4.69, 9.17) is 0 Å². The number of aliphatic hydroxyl groups excluding tert-OH is 1. The van der Waals surface area contributed by atoms with Crippen molar-refractivity contribution in [2.75, 3.05) is 6.54 Å². The van der Waals surface area contributed by atoms with Gasteiger partial charge in [-0.1, -0.05) is 13.8 Å². The number of aliphatic hydroxyl groups is 1. The van der Waals surface area contributed by atoms with Crippen LogP contribution < -0.4 is 5.32 Å². The number of nitrogens with zero attached hydrogens (tertiary/aromatic N) is 2. The lowest BCUT2D eigenvalue weighted by Crippen LogP contribution is -2.24. The van der Waals surface area contributed by atoms with Crippen LogP contribution in [-0.4, -0.2) is 27.5 Å². The molecule has 0 aliphatic heterocycles. The van der Waals surface area contributed by atoms with Crippen LogP contribution in [0.3, 0.4) is 0 Å². The molecule has 0 aromatic carbocycles. The standard InChI is InChI=1S/C12H23N3O/c1-5-11-10(8-13-7-9(3)16)12(6-2)15(4)14-11/h9,13,16H,5-8H2,1-4H3. The van der Waals surface area contributed by atoms with Gasteiger partial charge in [0.1, 0.15) is 0 Å². The summed E-state index contributed by atoms with van der Waals surface area (Å²) < 4.78 is 1.97. The lowest BCUT2D eigenvalue weighted by Gasteiger charge is -2.08. The van der Waals surface area contributed by atoms with E-state index in [1.54, 1.807) is 6.92 Å². The molecule has 0 fully saturated rings. The summed E-state index contributed by atoms with van der Waals surface area (Å²) in [5, 5.41) is 17.0. The predicted molar refractivity (Wildman–Crippen MR) is 65.4 cm³/mol. The summed E-state index contributed by atoms with van der Waals surface area (Å²) in [5.74, 6) is 0. The SMILES string of the molecule is CCc1nn(C)c(CC)c1CNCC(C)O. The Morgan fingerprint density at radius 2 is 2.06 bits per heavy atom. The Morgan fingerprint density at radius 3 is 2.56 bits per heavy atom. The monoisotopic (exact) mass is 225 g/mol. The summed E-state index contributed by atoms with van der Waals surface area (Å²) in [6, 6.07) is 0. The number of aryl methyl sites for hydroxylation is 2. The number of aromatic nitrogens is 2. The van der Waals surface area contributed by atoms with E-state index in [0.29, 0.717) is 6.54 Å². The number of hydrogen-bond donors (Lipinski definition) is 2. The van der Waals surface area contributed by atoms with Crippen molar-refractivity contribution in [2.45, 2.75) is 46.3 Å². The van der Waals surface area contributed by atoms with Gasteiger partial charge in [-0.3, -0.25) is 4.68 Å². The molecule has 1 unspecified atom stereocenters. The minimum atomic E-state index is -0.299. The molecule has 1 aromatic rings. The molecule has 2 N–H and O–H groups in total. The van der Waals surface area contributed by atoms with Gasteiger partial charge in [-0.2, -0.15) is 5.10 Å². The molecule has 0 aliphatic carbocycles. The van der Waals surface area contributed by atoms with E-state index in [2.05, 4.69) is 24.3 Å². The van der Waals surface area contributed by atoms with Crippen molar-refractivity contribution in [2.24, 2.45) is 7.05 Å². The summed E-state index contributed by atoms with van der Waals surface area (Å²) in [4.78, 5) is 0. The number of nitrogens with one attached hydrogen (secondary N) is 1. The first-order valence-corrected chi connectivity index (χ1v) is 6.02. The molecule has 1 rings (SSSR count). The van der Waals surface area contributed by atoms with Gasteiger partial charge in [0.15, 0.2) is 0 Å². The fourth-order valence-electron chi connectivity index (χ4n) is 2.00. The van der Waals surface area contributed by atoms with Crippen molar-refractivity contribution in [3.05, 3.63) is 17.0 Å². The first kappa shape index (κ1) is 13.2. The van der Waals surface area contributed by atoms with Crippen LogP contribution in [0.5, 0.6) is 0 Å². The minimum absolute atomic E-state index is 0.299. The largest absolute Gasteiger partial charge is 0.392 e. The predicted octanol–water partition coefficient (Wildman–Crippen LogP) is 1.02. The normalized spacial score (nSPS) is 13.1. The Morgan fingerprint density at radius 1 is 1.38 bits per heavy atom. The zero-order valence-electron chi connectivity index (χ0n) is 10.7. The van der Waals surface area contributed by atoms with Gasteiger partial charge in [-0.05, 0) is 19.8 Å². The van der Waals surface area contributed by atoms with E-state index in [0.717, 1.165) is 25.1 Å². The van der Waals surface area contributed by atoms with Crippen LogP contribution in [0, 0.1) is 0 Å². The highest BCUT2D eigenvalue weighted by Crippen LogP contribution is 2.14. The van der Waals surface area contributed by atoms with Crippen LogP contribution in [-0.2, 0) is 26.4 Å². The molecule has 4 nitrogen and oxygen atoms in total. The fourth-order valence-corrected chi connectivity index (χ4v) is 2.00. The van der Waals surface area contributed by atoms with Crippen molar-refractivity contribution in [3.8, 4) is 0 Å². The second kappa shape index (κ2) is 6.01. The zero-order chi connectivity index (χ0) is 12.1. The lowest BCUT2D eigenvalue weighted by molar-refractivity contribution is 0.191. The van der Waals surface area contributed by atoms with Gasteiger partial charge in [0.2, 0.25) is 0 Å². The van der Waals surface area contributed by atoms with Crippen molar-refractivity contribution in [1.29, 1.82) is 0 Å². The average Bonchev–Trinajstić information content (AvgIpc) is 2.54.